The molecule has 0 fully saturated rings. The van der Waals surface area contributed by atoms with E-state index in [-0.39, 0.29) is 11.2 Å². The maximum atomic E-state index is 13.3. The summed E-state index contributed by atoms with van der Waals surface area (Å²) in [7, 11) is 0. The van der Waals surface area contributed by atoms with E-state index >= 15 is 0 Å². The number of nitrogens with zero attached hydrogens (tertiary/aromatic N) is 1. The molecule has 1 heterocycles. The lowest BCUT2D eigenvalue weighted by Crippen LogP contribution is -2.16. The van der Waals surface area contributed by atoms with Crippen LogP contribution in [0, 0.1) is 5.82 Å². The summed E-state index contributed by atoms with van der Waals surface area (Å²) in [5.74, 6) is -0.204. The molecule has 0 bridgehead atoms. The molecule has 0 aliphatic carbocycles. The fraction of sp³-hybridized carbons (Fsp3) is 0.545. The zero-order chi connectivity index (χ0) is 10.1. The first kappa shape index (κ1) is 10.2. The van der Waals surface area contributed by atoms with Crippen LogP contribution < -0.4 is 0 Å². The van der Waals surface area contributed by atoms with Crippen molar-refractivity contribution in [1.82, 2.24) is 4.98 Å². The summed E-state index contributed by atoms with van der Waals surface area (Å²) in [6.07, 6.45) is 0.851. The van der Waals surface area contributed by atoms with E-state index in [1.165, 1.54) is 6.07 Å². The first-order valence-corrected chi connectivity index (χ1v) is 4.61. The van der Waals surface area contributed by atoms with Gasteiger partial charge in [0, 0.05) is 11.1 Å². The van der Waals surface area contributed by atoms with Gasteiger partial charge < -0.3 is 0 Å². The molecule has 0 amide bonds. The molecule has 1 aromatic rings. The SMILES string of the molecule is CCc1ccc(F)c(C(C)(C)C)n1. The summed E-state index contributed by atoms with van der Waals surface area (Å²) < 4.78 is 13.3. The monoisotopic (exact) mass is 181 g/mol. The highest BCUT2D eigenvalue weighted by Gasteiger charge is 2.20. The van der Waals surface area contributed by atoms with Crippen LogP contribution in [0.25, 0.3) is 0 Å². The van der Waals surface area contributed by atoms with Crippen LogP contribution in [0.1, 0.15) is 39.1 Å². The van der Waals surface area contributed by atoms with Gasteiger partial charge in [-0.05, 0) is 18.6 Å². The molecule has 13 heavy (non-hydrogen) atoms. The van der Waals surface area contributed by atoms with E-state index in [2.05, 4.69) is 4.98 Å². The van der Waals surface area contributed by atoms with E-state index in [4.69, 9.17) is 0 Å². The molecular formula is C11H16FN. The highest BCUT2D eigenvalue weighted by molar-refractivity contribution is 5.19. The largest absolute Gasteiger partial charge is 0.254 e. The van der Waals surface area contributed by atoms with Crippen LogP contribution >= 0.6 is 0 Å². The lowest BCUT2D eigenvalue weighted by Gasteiger charge is -2.18. The number of halogens is 1. The van der Waals surface area contributed by atoms with Gasteiger partial charge in [-0.15, -0.1) is 0 Å². The predicted molar refractivity (Wildman–Crippen MR) is 52.3 cm³/mol. The highest BCUT2D eigenvalue weighted by atomic mass is 19.1. The molecule has 0 saturated carbocycles. The van der Waals surface area contributed by atoms with Crippen molar-refractivity contribution >= 4 is 0 Å². The van der Waals surface area contributed by atoms with Gasteiger partial charge in [-0.1, -0.05) is 27.7 Å². The molecule has 1 aromatic heterocycles. The summed E-state index contributed by atoms with van der Waals surface area (Å²) in [5.41, 5.74) is 1.30. The van der Waals surface area contributed by atoms with Gasteiger partial charge in [0.1, 0.15) is 5.82 Å². The zero-order valence-corrected chi connectivity index (χ0v) is 8.69. The van der Waals surface area contributed by atoms with Crippen LogP contribution in [-0.4, -0.2) is 4.98 Å². The van der Waals surface area contributed by atoms with Crippen LogP contribution in [0.15, 0.2) is 12.1 Å². The van der Waals surface area contributed by atoms with E-state index in [1.54, 1.807) is 6.07 Å². The molecule has 1 rings (SSSR count). The molecule has 0 aromatic carbocycles. The van der Waals surface area contributed by atoms with Crippen LogP contribution in [0.3, 0.4) is 0 Å². The number of pyridine rings is 1. The van der Waals surface area contributed by atoms with Gasteiger partial charge in [-0.3, -0.25) is 4.98 Å². The lowest BCUT2D eigenvalue weighted by molar-refractivity contribution is 0.500. The second kappa shape index (κ2) is 3.44. The third-order valence-electron chi connectivity index (χ3n) is 1.98. The molecule has 0 saturated heterocycles. The topological polar surface area (TPSA) is 12.9 Å². The maximum absolute atomic E-state index is 13.3. The van der Waals surface area contributed by atoms with E-state index in [9.17, 15) is 4.39 Å². The summed E-state index contributed by atoms with van der Waals surface area (Å²) in [5, 5.41) is 0. The number of aromatic nitrogens is 1. The minimum atomic E-state index is -0.213. The van der Waals surface area contributed by atoms with Crippen LogP contribution in [-0.2, 0) is 11.8 Å². The standard InChI is InChI=1S/C11H16FN/c1-5-8-6-7-9(12)10(13-8)11(2,3)4/h6-7H,5H2,1-4H3. The highest BCUT2D eigenvalue weighted by Crippen LogP contribution is 2.23. The van der Waals surface area contributed by atoms with E-state index in [0.29, 0.717) is 5.69 Å². The van der Waals surface area contributed by atoms with Crippen molar-refractivity contribution in [3.05, 3.63) is 29.3 Å². The van der Waals surface area contributed by atoms with Gasteiger partial charge in [0.2, 0.25) is 0 Å². The van der Waals surface area contributed by atoms with Gasteiger partial charge in [-0.25, -0.2) is 4.39 Å². The molecule has 0 unspecified atom stereocenters. The van der Waals surface area contributed by atoms with Crippen molar-refractivity contribution in [2.24, 2.45) is 0 Å². The van der Waals surface area contributed by atoms with Gasteiger partial charge in [0.05, 0.1) is 5.69 Å². The fourth-order valence-electron chi connectivity index (χ4n) is 1.21. The van der Waals surface area contributed by atoms with Gasteiger partial charge in [0.15, 0.2) is 0 Å². The Balaban J connectivity index is 3.19. The zero-order valence-electron chi connectivity index (χ0n) is 8.69. The van der Waals surface area contributed by atoms with Gasteiger partial charge >= 0.3 is 0 Å². The molecule has 0 spiro atoms. The molecule has 2 heteroatoms. The Morgan fingerprint density at radius 1 is 1.31 bits per heavy atom. The van der Waals surface area contributed by atoms with Gasteiger partial charge in [0.25, 0.3) is 0 Å². The van der Waals surface area contributed by atoms with Crippen molar-refractivity contribution in [3.8, 4) is 0 Å². The Labute approximate surface area is 79.0 Å². The molecule has 0 aliphatic heterocycles. The first-order chi connectivity index (χ1) is 5.95. The van der Waals surface area contributed by atoms with Crippen molar-refractivity contribution in [3.63, 3.8) is 0 Å². The minimum Gasteiger partial charge on any atom is -0.254 e. The van der Waals surface area contributed by atoms with Gasteiger partial charge in [-0.2, -0.15) is 0 Å². The number of rotatable bonds is 1. The molecule has 1 nitrogen and oxygen atoms in total. The van der Waals surface area contributed by atoms with Crippen molar-refractivity contribution in [2.75, 3.05) is 0 Å². The summed E-state index contributed by atoms with van der Waals surface area (Å²) in [6.45, 7) is 7.93. The molecule has 0 atom stereocenters. The Kier molecular flexibility index (Phi) is 2.69. The Bertz CT molecular complexity index is 299. The first-order valence-electron chi connectivity index (χ1n) is 4.61. The van der Waals surface area contributed by atoms with Crippen LogP contribution in [0.2, 0.25) is 0 Å². The predicted octanol–water partition coefficient (Wildman–Crippen LogP) is 3.08. The Morgan fingerprint density at radius 2 is 1.92 bits per heavy atom. The lowest BCUT2D eigenvalue weighted by atomic mass is 9.91. The number of hydrogen-bond acceptors (Lipinski definition) is 1. The molecule has 0 radical (unpaired) electrons. The maximum Gasteiger partial charge on any atom is 0.145 e. The Morgan fingerprint density at radius 3 is 2.38 bits per heavy atom. The third kappa shape index (κ3) is 2.27. The van der Waals surface area contributed by atoms with Crippen LogP contribution in [0.4, 0.5) is 4.39 Å². The number of aryl methyl sites for hydroxylation is 1. The minimum absolute atomic E-state index is 0.204. The van der Waals surface area contributed by atoms with Crippen molar-refractivity contribution < 1.29 is 4.39 Å². The average Bonchev–Trinajstić information content (AvgIpc) is 2.03. The molecule has 0 aliphatic rings. The van der Waals surface area contributed by atoms with Crippen molar-refractivity contribution in [2.45, 2.75) is 39.5 Å². The molecule has 0 N–H and O–H groups in total. The molecule has 72 valence electrons. The Hall–Kier alpha value is -0.920. The average molecular weight is 181 g/mol. The summed E-state index contributed by atoms with van der Waals surface area (Å²) in [4.78, 5) is 4.29. The second-order valence-electron chi connectivity index (χ2n) is 4.24. The third-order valence-corrected chi connectivity index (χ3v) is 1.98. The quantitative estimate of drug-likeness (QED) is 0.648. The summed E-state index contributed by atoms with van der Waals surface area (Å²) in [6, 6.07) is 3.25. The van der Waals surface area contributed by atoms with E-state index in [0.717, 1.165) is 12.1 Å². The molecular weight excluding hydrogens is 165 g/mol. The van der Waals surface area contributed by atoms with E-state index in [1.807, 2.05) is 27.7 Å². The number of hydrogen-bond donors (Lipinski definition) is 0. The fourth-order valence-corrected chi connectivity index (χ4v) is 1.21. The van der Waals surface area contributed by atoms with Crippen molar-refractivity contribution in [1.29, 1.82) is 0 Å². The summed E-state index contributed by atoms with van der Waals surface area (Å²) >= 11 is 0. The van der Waals surface area contributed by atoms with Crippen LogP contribution in [0.5, 0.6) is 0 Å². The normalized spacial score (nSPS) is 11.8. The second-order valence-corrected chi connectivity index (χ2v) is 4.24. The smallest absolute Gasteiger partial charge is 0.145 e. The van der Waals surface area contributed by atoms with E-state index < -0.39 is 0 Å².